The summed E-state index contributed by atoms with van der Waals surface area (Å²) in [6.45, 7) is 1.50. The van der Waals surface area contributed by atoms with Crippen molar-refractivity contribution in [3.63, 3.8) is 0 Å². The number of ether oxygens (including phenoxy) is 1. The van der Waals surface area contributed by atoms with E-state index in [2.05, 4.69) is 0 Å². The number of carbonyl (C=O) groups excluding carboxylic acids is 1. The fraction of sp³-hybridized carbons (Fsp3) is 0.308. The number of halogens is 4. The number of hydrogen-bond donors (Lipinski definition) is 0. The zero-order valence-electron chi connectivity index (χ0n) is 21.0. The van der Waals surface area contributed by atoms with Gasteiger partial charge < -0.3 is 4.74 Å². The van der Waals surface area contributed by atoms with Gasteiger partial charge in [-0.05, 0) is 61.2 Å². The van der Waals surface area contributed by atoms with E-state index < -0.39 is 40.6 Å². The van der Waals surface area contributed by atoms with Crippen LogP contribution in [-0.4, -0.2) is 30.8 Å². The van der Waals surface area contributed by atoms with E-state index in [1.165, 1.54) is 21.3 Å². The number of hydrogen-bond acceptors (Lipinski definition) is 5. The fourth-order valence-electron chi connectivity index (χ4n) is 5.22. The van der Waals surface area contributed by atoms with E-state index in [4.69, 9.17) is 16.3 Å². The molecule has 2 heterocycles. The average Bonchev–Trinajstić information content (AvgIpc) is 3.37. The molecule has 0 saturated carbocycles. The molecule has 1 aliphatic rings. The molecule has 4 aromatic rings. The van der Waals surface area contributed by atoms with Crippen LogP contribution in [0.4, 0.5) is 13.2 Å². The first-order valence-electron chi connectivity index (χ1n) is 12.0. The van der Waals surface area contributed by atoms with E-state index in [9.17, 15) is 32.3 Å². The summed E-state index contributed by atoms with van der Waals surface area (Å²) in [4.78, 5) is 52.5. The van der Waals surface area contributed by atoms with Crippen molar-refractivity contribution in [2.45, 2.75) is 32.0 Å². The van der Waals surface area contributed by atoms with Crippen LogP contribution in [0.3, 0.4) is 0 Å². The Morgan fingerprint density at radius 2 is 1.74 bits per heavy atom. The molecule has 0 amide bonds. The maximum atomic E-state index is 13.8. The highest BCUT2D eigenvalue weighted by Gasteiger charge is 2.39. The molecule has 1 unspecified atom stereocenters. The van der Waals surface area contributed by atoms with Gasteiger partial charge in [0, 0.05) is 25.3 Å². The van der Waals surface area contributed by atoms with Crippen LogP contribution < -0.4 is 16.9 Å². The number of imidazole rings is 1. The molecule has 0 N–H and O–H groups in total. The summed E-state index contributed by atoms with van der Waals surface area (Å²) >= 11 is 6.03. The third-order valence-corrected chi connectivity index (χ3v) is 7.26. The molecule has 5 rings (SSSR count). The van der Waals surface area contributed by atoms with Crippen molar-refractivity contribution in [2.24, 2.45) is 14.1 Å². The van der Waals surface area contributed by atoms with Crippen LogP contribution in [0.15, 0.2) is 50.9 Å². The van der Waals surface area contributed by atoms with Crippen LogP contribution in [-0.2, 0) is 31.4 Å². The first-order chi connectivity index (χ1) is 18.3. The summed E-state index contributed by atoms with van der Waals surface area (Å²) < 4.78 is 50.9. The molecule has 0 aliphatic heterocycles. The quantitative estimate of drug-likeness (QED) is 0.354. The van der Waals surface area contributed by atoms with Crippen molar-refractivity contribution < 1.29 is 22.7 Å². The van der Waals surface area contributed by atoms with Crippen molar-refractivity contribution in [3.8, 4) is 5.69 Å². The predicted molar refractivity (Wildman–Crippen MR) is 137 cm³/mol. The molecule has 0 fully saturated rings. The Balaban J connectivity index is 1.79. The summed E-state index contributed by atoms with van der Waals surface area (Å²) in [6.07, 6.45) is -3.69. The lowest BCUT2D eigenvalue weighted by atomic mass is 10.0. The molecular weight excluding hydrogens is 541 g/mol. The minimum atomic E-state index is -4.69. The molecule has 1 atom stereocenters. The lowest BCUT2D eigenvalue weighted by molar-refractivity contribution is -0.138. The molecular formula is C26H22ClF3N4O5. The molecule has 204 valence electrons. The molecule has 0 radical (unpaired) electrons. The zero-order valence-corrected chi connectivity index (χ0v) is 21.8. The highest BCUT2D eigenvalue weighted by Crippen LogP contribution is 2.43. The van der Waals surface area contributed by atoms with Gasteiger partial charge in [0.05, 0.1) is 34.9 Å². The van der Waals surface area contributed by atoms with Gasteiger partial charge in [-0.25, -0.2) is 14.4 Å². The highest BCUT2D eigenvalue weighted by molar-refractivity contribution is 6.30. The van der Waals surface area contributed by atoms with E-state index in [1.54, 1.807) is 33.2 Å². The Morgan fingerprint density at radius 3 is 2.41 bits per heavy atom. The van der Waals surface area contributed by atoms with Crippen molar-refractivity contribution in [3.05, 3.63) is 95.1 Å². The Hall–Kier alpha value is -4.06. The van der Waals surface area contributed by atoms with Gasteiger partial charge in [0.1, 0.15) is 5.56 Å². The Morgan fingerprint density at radius 1 is 1.05 bits per heavy atom. The van der Waals surface area contributed by atoms with Gasteiger partial charge in [0.25, 0.3) is 5.56 Å². The average molecular weight is 563 g/mol. The van der Waals surface area contributed by atoms with Crippen LogP contribution in [0.1, 0.15) is 46.4 Å². The molecule has 9 nitrogen and oxygen atoms in total. The van der Waals surface area contributed by atoms with Gasteiger partial charge >= 0.3 is 23.5 Å². The number of esters is 1. The van der Waals surface area contributed by atoms with Gasteiger partial charge in [-0.2, -0.15) is 13.2 Å². The second-order valence-electron chi connectivity index (χ2n) is 9.24. The monoisotopic (exact) mass is 562 g/mol. The second kappa shape index (κ2) is 9.30. The third kappa shape index (κ3) is 4.19. The van der Waals surface area contributed by atoms with Gasteiger partial charge in [0.15, 0.2) is 0 Å². The number of carbonyl (C=O) groups is 1. The first-order valence-corrected chi connectivity index (χ1v) is 12.3. The highest BCUT2D eigenvalue weighted by atomic mass is 35.5. The Kier molecular flexibility index (Phi) is 6.33. The SMILES string of the molecule is CCOC(=O)c1cn(-c2ccc3c(c2)n(C)c(=O)n3C)c(=O)n(C2CCc3c2cc(Cl)cc3C(F)(F)F)c1=O. The molecule has 1 aliphatic carbocycles. The van der Waals surface area contributed by atoms with Gasteiger partial charge in [-0.15, -0.1) is 0 Å². The predicted octanol–water partition coefficient (Wildman–Crippen LogP) is 3.57. The van der Waals surface area contributed by atoms with Crippen molar-refractivity contribution in [2.75, 3.05) is 6.61 Å². The fourth-order valence-corrected chi connectivity index (χ4v) is 5.44. The van der Waals surface area contributed by atoms with Crippen molar-refractivity contribution in [1.29, 1.82) is 0 Å². The van der Waals surface area contributed by atoms with Crippen LogP contribution in [0, 0.1) is 0 Å². The van der Waals surface area contributed by atoms with Gasteiger partial charge in [-0.3, -0.25) is 23.1 Å². The van der Waals surface area contributed by atoms with Crippen molar-refractivity contribution >= 4 is 28.6 Å². The molecule has 13 heteroatoms. The van der Waals surface area contributed by atoms with Gasteiger partial charge in [0.2, 0.25) is 0 Å². The van der Waals surface area contributed by atoms with Crippen LogP contribution >= 0.6 is 11.6 Å². The maximum absolute atomic E-state index is 13.8. The van der Waals surface area contributed by atoms with Crippen molar-refractivity contribution in [1.82, 2.24) is 18.3 Å². The first kappa shape index (κ1) is 26.5. The van der Waals surface area contributed by atoms with E-state index in [1.807, 2.05) is 0 Å². The summed E-state index contributed by atoms with van der Waals surface area (Å²) in [6, 6.07) is 5.71. The standard InChI is InChI=1S/C26H22ClF3N4O5/c1-4-39-23(36)17-12-33(14-5-7-20-21(11-14)32(3)24(37)31(20)2)25(38)34(22(17)35)19-8-6-15-16(19)9-13(27)10-18(15)26(28,29)30/h5,7,9-12,19H,4,6,8H2,1-3H3. The molecule has 0 spiro atoms. The van der Waals surface area contributed by atoms with E-state index >= 15 is 0 Å². The number of nitrogens with zero attached hydrogens (tertiary/aromatic N) is 4. The number of alkyl halides is 3. The zero-order chi connectivity index (χ0) is 28.4. The summed E-state index contributed by atoms with van der Waals surface area (Å²) in [5.41, 5.74) is -2.25. The summed E-state index contributed by atoms with van der Waals surface area (Å²) in [5, 5.41) is -0.196. The molecule has 2 aromatic heterocycles. The minimum Gasteiger partial charge on any atom is -0.462 e. The van der Waals surface area contributed by atoms with Gasteiger partial charge in [-0.1, -0.05) is 11.6 Å². The molecule has 2 aromatic carbocycles. The Labute approximate surface area is 223 Å². The number of fused-ring (bicyclic) bond motifs is 2. The van der Waals surface area contributed by atoms with Crippen LogP contribution in [0.5, 0.6) is 0 Å². The Bertz CT molecular complexity index is 1850. The number of aromatic nitrogens is 4. The van der Waals surface area contributed by atoms with Crippen LogP contribution in [0.25, 0.3) is 16.7 Å². The number of aryl methyl sites for hydroxylation is 2. The molecule has 0 saturated heterocycles. The number of rotatable bonds is 4. The van der Waals surface area contributed by atoms with E-state index in [0.717, 1.165) is 21.4 Å². The summed E-state index contributed by atoms with van der Waals surface area (Å²) in [5.74, 6) is -0.988. The van der Waals surface area contributed by atoms with Crippen LogP contribution in [0.2, 0.25) is 5.02 Å². The minimum absolute atomic E-state index is 0.00635. The van der Waals surface area contributed by atoms with E-state index in [0.29, 0.717) is 11.0 Å². The lowest BCUT2D eigenvalue weighted by Crippen LogP contribution is -2.44. The molecule has 39 heavy (non-hydrogen) atoms. The molecule has 0 bridgehead atoms. The topological polar surface area (TPSA) is 97.2 Å². The lowest BCUT2D eigenvalue weighted by Gasteiger charge is -2.19. The third-order valence-electron chi connectivity index (χ3n) is 7.04. The number of benzene rings is 2. The second-order valence-corrected chi connectivity index (χ2v) is 9.67. The maximum Gasteiger partial charge on any atom is 0.416 e. The smallest absolute Gasteiger partial charge is 0.416 e. The largest absolute Gasteiger partial charge is 0.462 e. The van der Waals surface area contributed by atoms with E-state index in [-0.39, 0.29) is 47.0 Å². The summed E-state index contributed by atoms with van der Waals surface area (Å²) in [7, 11) is 3.15. The normalized spacial score (nSPS) is 15.1.